The molecular weight excluding hydrogens is 464 g/mol. The number of ether oxygens (including phenoxy) is 1. The number of amides is 1. The first-order valence-corrected chi connectivity index (χ1v) is 12.8. The molecule has 1 amide bonds. The zero-order chi connectivity index (χ0) is 26.3. The minimum Gasteiger partial charge on any atom is -0.496 e. The quantitative estimate of drug-likeness (QED) is 0.343. The van der Waals surface area contributed by atoms with Gasteiger partial charge in [-0.25, -0.2) is 4.68 Å². The Morgan fingerprint density at radius 2 is 1.95 bits per heavy atom. The van der Waals surface area contributed by atoms with E-state index in [1.807, 2.05) is 55.7 Å². The van der Waals surface area contributed by atoms with E-state index in [4.69, 9.17) is 4.74 Å². The third-order valence-electron chi connectivity index (χ3n) is 6.92. The van der Waals surface area contributed by atoms with Crippen LogP contribution < -0.4 is 10.1 Å². The van der Waals surface area contributed by atoms with Crippen LogP contribution in [-0.2, 0) is 11.8 Å². The molecule has 2 heterocycles. The third kappa shape index (κ3) is 4.88. The number of anilines is 1. The van der Waals surface area contributed by atoms with Gasteiger partial charge in [0, 0.05) is 16.9 Å². The van der Waals surface area contributed by atoms with E-state index in [1.54, 1.807) is 11.8 Å². The Labute approximate surface area is 217 Å². The van der Waals surface area contributed by atoms with Crippen LogP contribution in [0.5, 0.6) is 5.75 Å². The van der Waals surface area contributed by atoms with Crippen LogP contribution in [0.1, 0.15) is 73.8 Å². The second-order valence-electron chi connectivity index (χ2n) is 10.7. The van der Waals surface area contributed by atoms with Crippen molar-refractivity contribution in [2.24, 2.45) is 0 Å². The summed E-state index contributed by atoms with van der Waals surface area (Å²) in [6.45, 7) is 10.5. The van der Waals surface area contributed by atoms with Gasteiger partial charge in [0.05, 0.1) is 36.8 Å². The Morgan fingerprint density at radius 3 is 2.62 bits per heavy atom. The third-order valence-corrected chi connectivity index (χ3v) is 6.92. The predicted molar refractivity (Wildman–Crippen MR) is 145 cm³/mol. The fourth-order valence-corrected chi connectivity index (χ4v) is 4.58. The number of carbonyl (C=O) groups is 1. The maximum Gasteiger partial charge on any atom is 0.259 e. The van der Waals surface area contributed by atoms with Crippen LogP contribution in [0.4, 0.5) is 5.69 Å². The molecule has 1 N–H and O–H groups in total. The van der Waals surface area contributed by atoms with Gasteiger partial charge in [0.1, 0.15) is 11.4 Å². The summed E-state index contributed by atoms with van der Waals surface area (Å²) in [5.41, 5.74) is 7.02. The van der Waals surface area contributed by atoms with Crippen molar-refractivity contribution in [1.82, 2.24) is 24.8 Å². The van der Waals surface area contributed by atoms with Gasteiger partial charge in [-0.2, -0.15) is 5.10 Å². The van der Waals surface area contributed by atoms with Crippen LogP contribution in [0.15, 0.2) is 48.8 Å². The van der Waals surface area contributed by atoms with E-state index in [9.17, 15) is 4.79 Å². The summed E-state index contributed by atoms with van der Waals surface area (Å²) in [7, 11) is 1.58. The van der Waals surface area contributed by atoms with Crippen molar-refractivity contribution in [3.63, 3.8) is 0 Å². The molecule has 37 heavy (non-hydrogen) atoms. The molecule has 0 atom stereocenters. The van der Waals surface area contributed by atoms with Crippen molar-refractivity contribution in [2.45, 2.75) is 65.3 Å². The van der Waals surface area contributed by atoms with Gasteiger partial charge in [-0.15, -0.1) is 5.10 Å². The number of rotatable bonds is 7. The van der Waals surface area contributed by atoms with Gasteiger partial charge in [0.2, 0.25) is 0 Å². The monoisotopic (exact) mass is 498 g/mol. The van der Waals surface area contributed by atoms with Gasteiger partial charge >= 0.3 is 0 Å². The van der Waals surface area contributed by atoms with Gasteiger partial charge in [-0.1, -0.05) is 45.0 Å². The number of benzene rings is 2. The second kappa shape index (κ2) is 9.50. The first-order chi connectivity index (χ1) is 17.7. The summed E-state index contributed by atoms with van der Waals surface area (Å²) in [4.78, 5) is 13.3. The number of aromatic nitrogens is 5. The molecule has 8 heteroatoms. The van der Waals surface area contributed by atoms with E-state index < -0.39 is 0 Å². The molecule has 0 aliphatic heterocycles. The maximum atomic E-state index is 13.3. The van der Waals surface area contributed by atoms with Crippen LogP contribution in [0.25, 0.3) is 16.9 Å². The zero-order valence-electron chi connectivity index (χ0n) is 22.4. The van der Waals surface area contributed by atoms with Crippen LogP contribution in [-0.4, -0.2) is 37.8 Å². The molecule has 1 saturated carbocycles. The van der Waals surface area contributed by atoms with Gasteiger partial charge in [0.15, 0.2) is 0 Å². The number of carbonyl (C=O) groups excluding carboxylic acids is 1. The lowest BCUT2D eigenvalue weighted by molar-refractivity contribution is 0.102. The summed E-state index contributed by atoms with van der Waals surface area (Å²) in [5, 5.41) is 16.5. The Balaban J connectivity index is 1.43. The van der Waals surface area contributed by atoms with E-state index in [2.05, 4.69) is 53.1 Å². The lowest BCUT2D eigenvalue weighted by Gasteiger charge is -2.21. The number of nitrogens with zero attached hydrogens (tertiary/aromatic N) is 5. The van der Waals surface area contributed by atoms with E-state index >= 15 is 0 Å². The minimum absolute atomic E-state index is 0.0874. The van der Waals surface area contributed by atoms with Crippen molar-refractivity contribution >= 4 is 11.6 Å². The number of hydrogen-bond acceptors (Lipinski definition) is 5. The summed E-state index contributed by atoms with van der Waals surface area (Å²) in [6, 6.07) is 12.0. The van der Waals surface area contributed by atoms with Crippen molar-refractivity contribution in [1.29, 1.82) is 0 Å². The topological polar surface area (TPSA) is 86.9 Å². The molecule has 5 rings (SSSR count). The molecule has 0 bridgehead atoms. The molecule has 0 unspecified atom stereocenters. The first-order valence-electron chi connectivity index (χ1n) is 12.8. The van der Waals surface area contributed by atoms with Gasteiger partial charge in [0.25, 0.3) is 5.91 Å². The van der Waals surface area contributed by atoms with Gasteiger partial charge < -0.3 is 10.1 Å². The highest BCUT2D eigenvalue weighted by Gasteiger charge is 2.28. The highest BCUT2D eigenvalue weighted by molar-refractivity contribution is 6.06. The lowest BCUT2D eigenvalue weighted by atomic mass is 9.86. The average molecular weight is 499 g/mol. The van der Waals surface area contributed by atoms with Crippen molar-refractivity contribution in [2.75, 3.05) is 12.4 Å². The molecule has 4 aromatic rings. The normalized spacial score (nSPS) is 13.6. The molecule has 2 aromatic heterocycles. The molecular formula is C29H34N6O2. The number of nitrogens with one attached hydrogen (secondary N) is 1. The van der Waals surface area contributed by atoms with Crippen LogP contribution in [0.3, 0.4) is 0 Å². The standard InChI is InChI=1S/C29H34N6O2/c1-7-25-23(16-30-35(25)21-11-12-21)24-17-34(33-32-24)26-15-20(10-8-18(26)2)31-28(36)22-14-19(29(3,4)5)9-13-27(22)37-6/h8-10,13-17,21H,7,11-12H2,1-6H3,(H,31,36). The highest BCUT2D eigenvalue weighted by atomic mass is 16.5. The zero-order valence-corrected chi connectivity index (χ0v) is 22.4. The summed E-state index contributed by atoms with van der Waals surface area (Å²) in [6.07, 6.45) is 7.08. The Morgan fingerprint density at radius 1 is 1.16 bits per heavy atom. The molecule has 2 aromatic carbocycles. The number of aryl methyl sites for hydroxylation is 1. The van der Waals surface area contributed by atoms with Gasteiger partial charge in [-0.3, -0.25) is 9.48 Å². The van der Waals surface area contributed by atoms with Crippen molar-refractivity contribution in [3.8, 4) is 22.7 Å². The molecule has 8 nitrogen and oxygen atoms in total. The van der Waals surface area contributed by atoms with E-state index in [0.29, 0.717) is 23.0 Å². The minimum atomic E-state index is -0.225. The van der Waals surface area contributed by atoms with E-state index in [1.165, 1.54) is 18.5 Å². The fraction of sp³-hybridized carbons (Fsp3) is 0.379. The Hall–Kier alpha value is -3.94. The molecule has 0 spiro atoms. The Bertz CT molecular complexity index is 1460. The second-order valence-corrected chi connectivity index (χ2v) is 10.7. The molecule has 1 aliphatic rings. The molecule has 0 saturated heterocycles. The number of methoxy groups -OCH3 is 1. The van der Waals surface area contributed by atoms with Gasteiger partial charge in [-0.05, 0) is 67.0 Å². The summed E-state index contributed by atoms with van der Waals surface area (Å²) >= 11 is 0. The summed E-state index contributed by atoms with van der Waals surface area (Å²) < 4.78 is 9.37. The first kappa shape index (κ1) is 24.7. The van der Waals surface area contributed by atoms with Crippen LogP contribution >= 0.6 is 0 Å². The molecule has 1 fully saturated rings. The average Bonchev–Trinajstić information content (AvgIpc) is 3.44. The van der Waals surface area contributed by atoms with Crippen LogP contribution in [0.2, 0.25) is 0 Å². The summed E-state index contributed by atoms with van der Waals surface area (Å²) in [5.74, 6) is 0.314. The highest BCUT2D eigenvalue weighted by Crippen LogP contribution is 2.37. The fourth-order valence-electron chi connectivity index (χ4n) is 4.58. The number of hydrogen-bond donors (Lipinski definition) is 1. The molecule has 1 aliphatic carbocycles. The lowest BCUT2D eigenvalue weighted by Crippen LogP contribution is -2.17. The molecule has 192 valence electrons. The predicted octanol–water partition coefficient (Wildman–Crippen LogP) is 5.89. The molecule has 0 radical (unpaired) electrons. The Kier molecular flexibility index (Phi) is 6.35. The van der Waals surface area contributed by atoms with Crippen molar-refractivity contribution in [3.05, 3.63) is 71.2 Å². The largest absolute Gasteiger partial charge is 0.496 e. The maximum absolute atomic E-state index is 13.3. The SMILES string of the molecule is CCc1c(-c2cn(-c3cc(NC(=O)c4cc(C(C)(C)C)ccc4OC)ccc3C)nn2)cnn1C1CC1. The van der Waals surface area contributed by atoms with E-state index in [0.717, 1.165) is 34.5 Å². The van der Waals surface area contributed by atoms with E-state index in [-0.39, 0.29) is 11.3 Å². The van der Waals surface area contributed by atoms with Crippen molar-refractivity contribution < 1.29 is 9.53 Å². The van der Waals surface area contributed by atoms with Crippen LogP contribution in [0, 0.1) is 6.92 Å². The smallest absolute Gasteiger partial charge is 0.259 e.